The number of thioether (sulfide) groups is 1. The van der Waals surface area contributed by atoms with Gasteiger partial charge in [-0.05, 0) is 62.2 Å². The maximum Gasteiger partial charge on any atom is 0.234 e. The molecule has 4 aromatic rings. The molecular formula is C22H21ClN4O2S. The summed E-state index contributed by atoms with van der Waals surface area (Å²) in [5.41, 5.74) is 3.70. The topological polar surface area (TPSA) is 73.0 Å². The third-order valence-electron chi connectivity index (χ3n) is 4.73. The summed E-state index contributed by atoms with van der Waals surface area (Å²) in [5, 5.41) is 13.8. The van der Waals surface area contributed by atoms with E-state index in [9.17, 15) is 4.79 Å². The number of rotatable bonds is 6. The molecule has 2 aromatic heterocycles. The highest BCUT2D eigenvalue weighted by Crippen LogP contribution is 2.30. The molecule has 0 saturated heterocycles. The Labute approximate surface area is 183 Å². The summed E-state index contributed by atoms with van der Waals surface area (Å²) in [6.07, 6.45) is 0. The lowest BCUT2D eigenvalue weighted by Crippen LogP contribution is -2.15. The first kappa shape index (κ1) is 20.5. The number of hydrogen-bond donors (Lipinski definition) is 1. The number of aryl methyl sites for hydroxylation is 2. The molecule has 0 spiro atoms. The van der Waals surface area contributed by atoms with Crippen LogP contribution in [0.25, 0.3) is 22.6 Å². The number of amides is 1. The minimum absolute atomic E-state index is 0.0840. The van der Waals surface area contributed by atoms with Crippen LogP contribution in [0.4, 0.5) is 5.69 Å². The van der Waals surface area contributed by atoms with Crippen LogP contribution in [-0.4, -0.2) is 26.4 Å². The second-order valence-corrected chi connectivity index (χ2v) is 8.38. The minimum atomic E-state index is -0.0840. The Bertz CT molecular complexity index is 1230. The number of nitrogens with zero attached hydrogens (tertiary/aromatic N) is 3. The van der Waals surface area contributed by atoms with Crippen molar-refractivity contribution in [1.29, 1.82) is 0 Å². The van der Waals surface area contributed by atoms with Crippen LogP contribution in [0.1, 0.15) is 18.1 Å². The van der Waals surface area contributed by atoms with Crippen molar-refractivity contribution in [3.8, 4) is 11.6 Å². The summed E-state index contributed by atoms with van der Waals surface area (Å²) in [4.78, 5) is 12.5. The summed E-state index contributed by atoms with van der Waals surface area (Å²) in [5.74, 6) is 1.40. The van der Waals surface area contributed by atoms with E-state index in [1.54, 1.807) is 6.07 Å². The smallest absolute Gasteiger partial charge is 0.234 e. The monoisotopic (exact) mass is 440 g/mol. The van der Waals surface area contributed by atoms with Gasteiger partial charge in [0.05, 0.1) is 5.75 Å². The lowest BCUT2D eigenvalue weighted by atomic mass is 10.1. The van der Waals surface area contributed by atoms with E-state index in [4.69, 9.17) is 16.0 Å². The molecule has 0 saturated carbocycles. The SMILES string of the molecule is CCn1c(SCC(=O)Nc2cc(C)ccc2C)nnc1-c1cc2cc(Cl)ccc2o1. The van der Waals surface area contributed by atoms with E-state index in [0.29, 0.717) is 28.3 Å². The average molecular weight is 441 g/mol. The number of carbonyl (C=O) groups is 1. The number of benzene rings is 2. The van der Waals surface area contributed by atoms with Crippen LogP contribution in [0.5, 0.6) is 0 Å². The molecule has 8 heteroatoms. The molecule has 0 aliphatic carbocycles. The van der Waals surface area contributed by atoms with Gasteiger partial charge in [-0.15, -0.1) is 10.2 Å². The number of nitrogens with one attached hydrogen (secondary N) is 1. The van der Waals surface area contributed by atoms with Crippen molar-refractivity contribution in [2.75, 3.05) is 11.1 Å². The molecule has 4 rings (SSSR count). The summed E-state index contributed by atoms with van der Waals surface area (Å²) in [7, 11) is 0. The highest BCUT2D eigenvalue weighted by molar-refractivity contribution is 7.99. The molecular weight excluding hydrogens is 420 g/mol. The molecule has 2 heterocycles. The maximum absolute atomic E-state index is 12.5. The molecule has 1 N–H and O–H groups in total. The first-order valence-electron chi connectivity index (χ1n) is 9.57. The van der Waals surface area contributed by atoms with Crippen molar-refractivity contribution in [1.82, 2.24) is 14.8 Å². The summed E-state index contributed by atoms with van der Waals surface area (Å²) < 4.78 is 7.86. The first-order valence-corrected chi connectivity index (χ1v) is 10.9. The Balaban J connectivity index is 1.50. The van der Waals surface area contributed by atoms with Gasteiger partial charge in [0, 0.05) is 22.6 Å². The van der Waals surface area contributed by atoms with Gasteiger partial charge in [-0.3, -0.25) is 9.36 Å². The molecule has 30 heavy (non-hydrogen) atoms. The largest absolute Gasteiger partial charge is 0.453 e. The number of aromatic nitrogens is 3. The standard InChI is InChI=1S/C22H21ClN4O2S/c1-4-27-21(19-11-15-10-16(23)7-8-18(15)29-19)25-26-22(27)30-12-20(28)24-17-9-13(2)5-6-14(17)3/h5-11H,4,12H2,1-3H3,(H,24,28). The van der Waals surface area contributed by atoms with Gasteiger partial charge in [-0.2, -0.15) is 0 Å². The highest BCUT2D eigenvalue weighted by Gasteiger charge is 2.18. The summed E-state index contributed by atoms with van der Waals surface area (Å²) in [6.45, 7) is 6.64. The van der Waals surface area contributed by atoms with Gasteiger partial charge in [0.15, 0.2) is 10.9 Å². The van der Waals surface area contributed by atoms with Crippen molar-refractivity contribution in [3.05, 3.63) is 58.6 Å². The van der Waals surface area contributed by atoms with Gasteiger partial charge in [-0.1, -0.05) is 35.5 Å². The zero-order chi connectivity index (χ0) is 21.3. The van der Waals surface area contributed by atoms with Crippen LogP contribution in [0.2, 0.25) is 5.02 Å². The third-order valence-corrected chi connectivity index (χ3v) is 5.93. The van der Waals surface area contributed by atoms with Crippen LogP contribution in [0.3, 0.4) is 0 Å². The van der Waals surface area contributed by atoms with Crippen molar-refractivity contribution in [2.24, 2.45) is 0 Å². The fourth-order valence-electron chi connectivity index (χ4n) is 3.17. The molecule has 154 valence electrons. The lowest BCUT2D eigenvalue weighted by Gasteiger charge is -2.09. The second-order valence-electron chi connectivity index (χ2n) is 7.00. The maximum atomic E-state index is 12.5. The Kier molecular flexibility index (Phi) is 5.83. The number of hydrogen-bond acceptors (Lipinski definition) is 5. The fraction of sp³-hybridized carbons (Fsp3) is 0.227. The fourth-order valence-corrected chi connectivity index (χ4v) is 4.16. The van der Waals surface area contributed by atoms with E-state index in [-0.39, 0.29) is 11.7 Å². The molecule has 0 aliphatic heterocycles. The van der Waals surface area contributed by atoms with Crippen LogP contribution in [0.15, 0.2) is 52.0 Å². The molecule has 0 fully saturated rings. The average Bonchev–Trinajstić information content (AvgIpc) is 3.32. The summed E-state index contributed by atoms with van der Waals surface area (Å²) in [6, 6.07) is 13.4. The number of fused-ring (bicyclic) bond motifs is 1. The van der Waals surface area contributed by atoms with Crippen LogP contribution in [-0.2, 0) is 11.3 Å². The summed E-state index contributed by atoms with van der Waals surface area (Å²) >= 11 is 7.42. The quantitative estimate of drug-likeness (QED) is 0.388. The number of carbonyl (C=O) groups excluding carboxylic acids is 1. The zero-order valence-electron chi connectivity index (χ0n) is 16.9. The minimum Gasteiger partial charge on any atom is -0.453 e. The Hall–Kier alpha value is -2.77. The van der Waals surface area contributed by atoms with Crippen molar-refractivity contribution < 1.29 is 9.21 Å². The lowest BCUT2D eigenvalue weighted by molar-refractivity contribution is -0.113. The van der Waals surface area contributed by atoms with Crippen LogP contribution < -0.4 is 5.32 Å². The van der Waals surface area contributed by atoms with Gasteiger partial charge >= 0.3 is 0 Å². The van der Waals surface area contributed by atoms with Crippen LogP contribution >= 0.6 is 23.4 Å². The Morgan fingerprint density at radius 2 is 2.00 bits per heavy atom. The predicted molar refractivity (Wildman–Crippen MR) is 121 cm³/mol. The number of furan rings is 1. The van der Waals surface area contributed by atoms with E-state index in [0.717, 1.165) is 27.8 Å². The van der Waals surface area contributed by atoms with Gasteiger partial charge in [-0.25, -0.2) is 0 Å². The molecule has 0 atom stereocenters. The molecule has 1 amide bonds. The van der Waals surface area contributed by atoms with Crippen molar-refractivity contribution in [2.45, 2.75) is 32.5 Å². The van der Waals surface area contributed by atoms with E-state index >= 15 is 0 Å². The van der Waals surface area contributed by atoms with Crippen LogP contribution in [0, 0.1) is 13.8 Å². The first-order chi connectivity index (χ1) is 14.4. The van der Waals surface area contributed by atoms with Gasteiger partial charge in [0.2, 0.25) is 11.7 Å². The van der Waals surface area contributed by atoms with Gasteiger partial charge in [0.1, 0.15) is 5.58 Å². The van der Waals surface area contributed by atoms with E-state index in [2.05, 4.69) is 15.5 Å². The van der Waals surface area contributed by atoms with E-state index < -0.39 is 0 Å². The van der Waals surface area contributed by atoms with Gasteiger partial charge < -0.3 is 9.73 Å². The van der Waals surface area contributed by atoms with Crippen molar-refractivity contribution >= 4 is 45.9 Å². The molecule has 0 unspecified atom stereocenters. The highest BCUT2D eigenvalue weighted by atomic mass is 35.5. The molecule has 0 bridgehead atoms. The number of anilines is 1. The van der Waals surface area contributed by atoms with Gasteiger partial charge in [0.25, 0.3) is 0 Å². The third kappa shape index (κ3) is 4.22. The normalized spacial score (nSPS) is 11.2. The molecule has 0 aliphatic rings. The molecule has 6 nitrogen and oxygen atoms in total. The second kappa shape index (κ2) is 8.53. The van der Waals surface area contributed by atoms with E-state index in [1.807, 2.05) is 61.7 Å². The van der Waals surface area contributed by atoms with E-state index in [1.165, 1.54) is 11.8 Å². The number of halogens is 1. The molecule has 2 aromatic carbocycles. The molecule has 0 radical (unpaired) electrons. The Morgan fingerprint density at radius 1 is 1.17 bits per heavy atom. The predicted octanol–water partition coefficient (Wildman–Crippen LogP) is 5.71. The zero-order valence-corrected chi connectivity index (χ0v) is 18.5. The Morgan fingerprint density at radius 3 is 2.80 bits per heavy atom. The van der Waals surface area contributed by atoms with Crippen molar-refractivity contribution in [3.63, 3.8) is 0 Å².